The first-order valence-electron chi connectivity index (χ1n) is 11.9. The summed E-state index contributed by atoms with van der Waals surface area (Å²) in [5.41, 5.74) is 1.86. The van der Waals surface area contributed by atoms with Gasteiger partial charge in [-0.25, -0.2) is 18.2 Å². The molecule has 200 valence electrons. The smallest absolute Gasteiger partial charge is 0.337 e. The minimum atomic E-state index is -3.74. The highest BCUT2D eigenvalue weighted by Gasteiger charge is 2.21. The molecule has 38 heavy (non-hydrogen) atoms. The molecule has 4 aromatic rings. The minimum absolute atomic E-state index is 0.0229. The predicted molar refractivity (Wildman–Crippen MR) is 147 cm³/mol. The van der Waals surface area contributed by atoms with Crippen LogP contribution in [0.5, 0.6) is 0 Å². The van der Waals surface area contributed by atoms with Crippen LogP contribution in [0.1, 0.15) is 42.3 Å². The number of rotatable bonds is 11. The Labute approximate surface area is 226 Å². The number of halogens is 1. The number of hydrogen-bond acceptors (Lipinski definition) is 6. The van der Waals surface area contributed by atoms with E-state index in [0.717, 1.165) is 0 Å². The number of imidazole rings is 1. The number of hydrogen-bond donors (Lipinski definition) is 4. The molecule has 11 heteroatoms. The number of aromatic nitrogens is 2. The summed E-state index contributed by atoms with van der Waals surface area (Å²) in [4.78, 5) is 15.9. The summed E-state index contributed by atoms with van der Waals surface area (Å²) >= 11 is 6.05. The van der Waals surface area contributed by atoms with Crippen LogP contribution in [0, 0.1) is 0 Å². The van der Waals surface area contributed by atoms with E-state index >= 15 is 0 Å². The van der Waals surface area contributed by atoms with E-state index in [-0.39, 0.29) is 27.6 Å². The zero-order chi connectivity index (χ0) is 27.5. The number of benzene rings is 3. The molecule has 0 fully saturated rings. The molecular formula is C27H29ClN4O5S. The van der Waals surface area contributed by atoms with Crippen LogP contribution in [0.25, 0.3) is 11.0 Å². The standard InChI is InChI=1S/C27H29ClN4O5S/c1-27(2,11-12-32-17-29-23-15-22(28)21(26(34)35)14-24(23)32)30-16-25(33)18-7-6-8-19(13-18)31-38(36,37)20-9-4-3-5-10-20/h3-10,13-15,17,25,30-31,33H,11-12,16H2,1-2H3,(H,34,35)/t25-/m1/s1. The SMILES string of the molecule is CC(C)(CCn1cnc2cc(Cl)c(C(=O)O)cc21)NC[C@@H](O)c1cccc(NS(=O)(=O)c2ccccc2)c1. The number of β-amino-alcohol motifs (C(OH)–C–C–N with tert-alkyl or cyclic N) is 1. The van der Waals surface area contributed by atoms with E-state index in [1.54, 1.807) is 54.9 Å². The number of carbonyl (C=O) groups is 1. The van der Waals surface area contributed by atoms with Crippen molar-refractivity contribution in [1.29, 1.82) is 0 Å². The lowest BCUT2D eigenvalue weighted by molar-refractivity contribution is 0.0697. The zero-order valence-electron chi connectivity index (χ0n) is 20.9. The number of aryl methyl sites for hydroxylation is 1. The van der Waals surface area contributed by atoms with E-state index in [1.807, 2.05) is 18.4 Å². The second-order valence-corrected chi connectivity index (χ2v) is 11.7. The molecule has 1 aromatic heterocycles. The summed E-state index contributed by atoms with van der Waals surface area (Å²) in [5, 5.41) is 23.7. The zero-order valence-corrected chi connectivity index (χ0v) is 22.5. The maximum Gasteiger partial charge on any atom is 0.337 e. The normalized spacial score (nSPS) is 12.9. The van der Waals surface area contributed by atoms with Gasteiger partial charge in [-0.2, -0.15) is 0 Å². The highest BCUT2D eigenvalue weighted by Crippen LogP contribution is 2.25. The molecule has 4 N–H and O–H groups in total. The summed E-state index contributed by atoms with van der Waals surface area (Å²) < 4.78 is 29.7. The van der Waals surface area contributed by atoms with Crippen LogP contribution in [0.15, 0.2) is 78.0 Å². The van der Waals surface area contributed by atoms with Crippen molar-refractivity contribution in [2.45, 2.75) is 43.4 Å². The van der Waals surface area contributed by atoms with Gasteiger partial charge in [-0.3, -0.25) is 4.72 Å². The number of carboxylic acids is 1. The number of sulfonamides is 1. The van der Waals surface area contributed by atoms with Gasteiger partial charge in [0.05, 0.1) is 38.9 Å². The van der Waals surface area contributed by atoms with Crippen LogP contribution in [-0.4, -0.2) is 46.2 Å². The van der Waals surface area contributed by atoms with Gasteiger partial charge < -0.3 is 20.1 Å². The number of aliphatic hydroxyl groups is 1. The lowest BCUT2D eigenvalue weighted by atomic mass is 9.99. The Balaban J connectivity index is 1.38. The number of fused-ring (bicyclic) bond motifs is 1. The first kappa shape index (κ1) is 27.6. The first-order chi connectivity index (χ1) is 17.9. The van der Waals surface area contributed by atoms with Gasteiger partial charge >= 0.3 is 5.97 Å². The highest BCUT2D eigenvalue weighted by molar-refractivity contribution is 7.92. The van der Waals surface area contributed by atoms with E-state index < -0.39 is 22.1 Å². The molecular weight excluding hydrogens is 528 g/mol. The second kappa shape index (κ2) is 11.1. The molecule has 0 saturated carbocycles. The monoisotopic (exact) mass is 556 g/mol. The summed E-state index contributed by atoms with van der Waals surface area (Å²) in [7, 11) is -3.74. The lowest BCUT2D eigenvalue weighted by Gasteiger charge is -2.28. The van der Waals surface area contributed by atoms with Gasteiger partial charge in [-0.05, 0) is 62.2 Å². The van der Waals surface area contributed by atoms with Crippen LogP contribution in [0.3, 0.4) is 0 Å². The number of anilines is 1. The van der Waals surface area contributed by atoms with Crippen LogP contribution in [0.2, 0.25) is 5.02 Å². The van der Waals surface area contributed by atoms with E-state index in [1.165, 1.54) is 18.2 Å². The summed E-state index contributed by atoms with van der Waals surface area (Å²) in [5.74, 6) is -1.10. The fourth-order valence-electron chi connectivity index (χ4n) is 4.02. The fourth-order valence-corrected chi connectivity index (χ4v) is 5.33. The van der Waals surface area contributed by atoms with E-state index in [0.29, 0.717) is 35.2 Å². The van der Waals surface area contributed by atoms with E-state index in [4.69, 9.17) is 11.6 Å². The number of aliphatic hydroxyl groups excluding tert-OH is 1. The van der Waals surface area contributed by atoms with Crippen molar-refractivity contribution in [3.05, 3.63) is 89.2 Å². The van der Waals surface area contributed by atoms with Crippen molar-refractivity contribution in [1.82, 2.24) is 14.9 Å². The van der Waals surface area contributed by atoms with Crippen LogP contribution in [-0.2, 0) is 16.6 Å². The van der Waals surface area contributed by atoms with Gasteiger partial charge in [0.15, 0.2) is 0 Å². The Hall–Kier alpha value is -3.44. The Morgan fingerprint density at radius 3 is 2.55 bits per heavy atom. The van der Waals surface area contributed by atoms with Crippen LogP contribution >= 0.6 is 11.6 Å². The molecule has 3 aromatic carbocycles. The average Bonchev–Trinajstić information content (AvgIpc) is 3.27. The topological polar surface area (TPSA) is 134 Å². The molecule has 0 amide bonds. The first-order valence-corrected chi connectivity index (χ1v) is 13.8. The number of aromatic carboxylic acids is 1. The van der Waals surface area contributed by atoms with Crippen LogP contribution < -0.4 is 10.0 Å². The van der Waals surface area contributed by atoms with Crippen molar-refractivity contribution < 1.29 is 23.4 Å². The molecule has 0 aliphatic heterocycles. The quantitative estimate of drug-likeness (QED) is 0.211. The van der Waals surface area contributed by atoms with Crippen molar-refractivity contribution in [3.63, 3.8) is 0 Å². The molecule has 0 bridgehead atoms. The maximum atomic E-state index is 12.6. The Bertz CT molecular complexity index is 1550. The Morgan fingerprint density at radius 1 is 1.11 bits per heavy atom. The number of nitrogens with one attached hydrogen (secondary N) is 2. The van der Waals surface area contributed by atoms with Gasteiger partial charge in [0.2, 0.25) is 0 Å². The Kier molecular flexibility index (Phi) is 8.08. The minimum Gasteiger partial charge on any atom is -0.478 e. The lowest BCUT2D eigenvalue weighted by Crippen LogP contribution is -2.42. The summed E-state index contributed by atoms with van der Waals surface area (Å²) in [6, 6.07) is 17.8. The van der Waals surface area contributed by atoms with Gasteiger partial charge in [-0.1, -0.05) is 41.9 Å². The molecule has 0 aliphatic rings. The van der Waals surface area contributed by atoms with Gasteiger partial charge in [-0.15, -0.1) is 0 Å². The fraction of sp³-hybridized carbons (Fsp3) is 0.259. The molecule has 1 atom stereocenters. The highest BCUT2D eigenvalue weighted by atomic mass is 35.5. The average molecular weight is 557 g/mol. The maximum absolute atomic E-state index is 12.6. The largest absolute Gasteiger partial charge is 0.478 e. The van der Waals surface area contributed by atoms with Crippen molar-refractivity contribution in [3.8, 4) is 0 Å². The molecule has 0 spiro atoms. The third kappa shape index (κ3) is 6.51. The van der Waals surface area contributed by atoms with Gasteiger partial charge in [0.25, 0.3) is 10.0 Å². The van der Waals surface area contributed by atoms with Gasteiger partial charge in [0, 0.05) is 24.3 Å². The molecule has 9 nitrogen and oxygen atoms in total. The van der Waals surface area contributed by atoms with Crippen LogP contribution in [0.4, 0.5) is 5.69 Å². The molecule has 0 radical (unpaired) electrons. The summed E-state index contributed by atoms with van der Waals surface area (Å²) in [6.07, 6.45) is 1.44. The second-order valence-electron chi connectivity index (χ2n) is 9.64. The molecule has 0 saturated heterocycles. The van der Waals surface area contributed by atoms with E-state index in [9.17, 15) is 23.4 Å². The van der Waals surface area contributed by atoms with Crippen molar-refractivity contribution in [2.24, 2.45) is 0 Å². The number of carboxylic acid groups (broad SMARTS) is 1. The third-order valence-electron chi connectivity index (χ3n) is 6.27. The van der Waals surface area contributed by atoms with E-state index in [2.05, 4.69) is 15.0 Å². The van der Waals surface area contributed by atoms with Crippen molar-refractivity contribution in [2.75, 3.05) is 11.3 Å². The van der Waals surface area contributed by atoms with Gasteiger partial charge in [0.1, 0.15) is 0 Å². The predicted octanol–water partition coefficient (Wildman–Crippen LogP) is 4.68. The molecule has 1 heterocycles. The molecule has 0 aliphatic carbocycles. The number of nitrogens with zero attached hydrogens (tertiary/aromatic N) is 2. The molecule has 4 rings (SSSR count). The summed E-state index contributed by atoms with van der Waals surface area (Å²) in [6.45, 7) is 4.81. The molecule has 0 unspecified atom stereocenters. The Morgan fingerprint density at radius 2 is 1.84 bits per heavy atom. The van der Waals surface area contributed by atoms with Crippen molar-refractivity contribution >= 4 is 44.3 Å². The third-order valence-corrected chi connectivity index (χ3v) is 7.98.